The number of benzene rings is 1. The smallest absolute Gasteiger partial charge is 0.228 e. The molecule has 0 saturated carbocycles. The molecule has 7 nitrogen and oxygen atoms in total. The lowest BCUT2D eigenvalue weighted by Gasteiger charge is -2.36. The van der Waals surface area contributed by atoms with Crippen molar-refractivity contribution >= 4 is 28.7 Å². The van der Waals surface area contributed by atoms with Gasteiger partial charge in [-0.25, -0.2) is 4.98 Å². The Morgan fingerprint density at radius 2 is 1.81 bits per heavy atom. The van der Waals surface area contributed by atoms with Gasteiger partial charge in [-0.2, -0.15) is 0 Å². The van der Waals surface area contributed by atoms with Crippen LogP contribution in [0.3, 0.4) is 0 Å². The van der Waals surface area contributed by atoms with Crippen LogP contribution in [-0.2, 0) is 9.59 Å². The van der Waals surface area contributed by atoms with Gasteiger partial charge in [-0.1, -0.05) is 12.1 Å². The number of amides is 2. The number of anilines is 1. The van der Waals surface area contributed by atoms with Crippen LogP contribution in [0.1, 0.15) is 20.3 Å². The molecule has 1 atom stereocenters. The molecule has 2 saturated heterocycles. The van der Waals surface area contributed by atoms with Gasteiger partial charge >= 0.3 is 0 Å². The minimum Gasteiger partial charge on any atom is -0.352 e. The van der Waals surface area contributed by atoms with Crippen molar-refractivity contribution in [3.8, 4) is 0 Å². The summed E-state index contributed by atoms with van der Waals surface area (Å²) < 4.78 is 0. The normalized spacial score (nSPS) is 20.8. The van der Waals surface area contributed by atoms with Crippen LogP contribution in [0.15, 0.2) is 30.5 Å². The average molecular weight is 367 g/mol. The van der Waals surface area contributed by atoms with Gasteiger partial charge in [0.05, 0.1) is 23.1 Å². The van der Waals surface area contributed by atoms with E-state index in [2.05, 4.69) is 9.88 Å². The quantitative estimate of drug-likeness (QED) is 0.823. The molecular weight excluding hydrogens is 342 g/mol. The van der Waals surface area contributed by atoms with Crippen molar-refractivity contribution in [2.75, 3.05) is 37.6 Å². The van der Waals surface area contributed by atoms with Crippen molar-refractivity contribution in [2.45, 2.75) is 26.3 Å². The standard InChI is InChI=1S/C20H25N5O2/c1-14(2)25-13-15(11-19(25)26)20(27)24-9-7-23(8-10-24)18-12-21-16-5-3-4-6-17(16)22-18/h3-6,12,14-15H,7-11,13H2,1-2H3. The number of hydrogen-bond donors (Lipinski definition) is 0. The van der Waals surface area contributed by atoms with Gasteiger partial charge in [-0.05, 0) is 26.0 Å². The van der Waals surface area contributed by atoms with E-state index in [-0.39, 0.29) is 23.8 Å². The van der Waals surface area contributed by atoms with E-state index in [1.54, 1.807) is 6.20 Å². The number of para-hydroxylation sites is 2. The molecule has 2 aliphatic rings. The van der Waals surface area contributed by atoms with Gasteiger partial charge in [-0.3, -0.25) is 14.6 Å². The highest BCUT2D eigenvalue weighted by molar-refractivity contribution is 5.89. The van der Waals surface area contributed by atoms with E-state index in [0.29, 0.717) is 26.1 Å². The molecule has 0 bridgehead atoms. The van der Waals surface area contributed by atoms with E-state index in [0.717, 1.165) is 29.9 Å². The van der Waals surface area contributed by atoms with E-state index in [1.807, 2.05) is 47.9 Å². The summed E-state index contributed by atoms with van der Waals surface area (Å²) in [5.74, 6) is 0.846. The van der Waals surface area contributed by atoms with Gasteiger partial charge in [0.1, 0.15) is 5.82 Å². The highest BCUT2D eigenvalue weighted by Crippen LogP contribution is 2.23. The number of likely N-dealkylation sites (tertiary alicyclic amines) is 1. The first-order chi connectivity index (χ1) is 13.0. The number of nitrogens with zero attached hydrogens (tertiary/aromatic N) is 5. The second kappa shape index (κ2) is 7.13. The maximum atomic E-state index is 12.8. The molecule has 1 unspecified atom stereocenters. The Bertz CT molecular complexity index is 860. The Balaban J connectivity index is 1.38. The molecule has 1 aromatic carbocycles. The molecule has 4 rings (SSSR count). The highest BCUT2D eigenvalue weighted by atomic mass is 16.2. The molecule has 7 heteroatoms. The molecule has 0 spiro atoms. The van der Waals surface area contributed by atoms with Gasteiger partial charge in [0.2, 0.25) is 11.8 Å². The Morgan fingerprint density at radius 3 is 2.48 bits per heavy atom. The summed E-state index contributed by atoms with van der Waals surface area (Å²) in [4.78, 5) is 40.0. The second-order valence-corrected chi connectivity index (χ2v) is 7.57. The first-order valence-electron chi connectivity index (χ1n) is 9.58. The Kier molecular flexibility index (Phi) is 4.68. The van der Waals surface area contributed by atoms with Crippen LogP contribution in [-0.4, -0.2) is 70.3 Å². The third-order valence-electron chi connectivity index (χ3n) is 5.48. The zero-order chi connectivity index (χ0) is 19.0. The largest absolute Gasteiger partial charge is 0.352 e. The summed E-state index contributed by atoms with van der Waals surface area (Å²) in [7, 11) is 0. The number of piperazine rings is 1. The molecular formula is C20H25N5O2. The number of rotatable bonds is 3. The highest BCUT2D eigenvalue weighted by Gasteiger charge is 2.38. The summed E-state index contributed by atoms with van der Waals surface area (Å²) in [6.45, 7) is 7.30. The number of hydrogen-bond acceptors (Lipinski definition) is 5. The predicted octanol–water partition coefficient (Wildman–Crippen LogP) is 1.54. The van der Waals surface area contributed by atoms with E-state index >= 15 is 0 Å². The van der Waals surface area contributed by atoms with Crippen molar-refractivity contribution in [3.63, 3.8) is 0 Å². The van der Waals surface area contributed by atoms with Crippen LogP contribution in [0.2, 0.25) is 0 Å². The molecule has 3 heterocycles. The van der Waals surface area contributed by atoms with Gasteiger partial charge in [0.15, 0.2) is 0 Å². The number of fused-ring (bicyclic) bond motifs is 1. The molecule has 0 N–H and O–H groups in total. The van der Waals surface area contributed by atoms with E-state index in [4.69, 9.17) is 4.98 Å². The number of aromatic nitrogens is 2. The summed E-state index contributed by atoms with van der Waals surface area (Å²) >= 11 is 0. The lowest BCUT2D eigenvalue weighted by molar-refractivity contribution is -0.136. The Hall–Kier alpha value is -2.70. The lowest BCUT2D eigenvalue weighted by Crippen LogP contribution is -2.51. The molecule has 0 aliphatic carbocycles. The van der Waals surface area contributed by atoms with Gasteiger partial charge < -0.3 is 14.7 Å². The molecule has 0 radical (unpaired) electrons. The summed E-state index contributed by atoms with van der Waals surface area (Å²) in [6.07, 6.45) is 2.14. The van der Waals surface area contributed by atoms with E-state index < -0.39 is 0 Å². The molecule has 142 valence electrons. The molecule has 2 aromatic rings. The molecule has 1 aromatic heterocycles. The predicted molar refractivity (Wildman–Crippen MR) is 103 cm³/mol. The van der Waals surface area contributed by atoms with Gasteiger partial charge in [0.25, 0.3) is 0 Å². The zero-order valence-corrected chi connectivity index (χ0v) is 15.8. The maximum Gasteiger partial charge on any atom is 0.228 e. The molecule has 2 fully saturated rings. The summed E-state index contributed by atoms with van der Waals surface area (Å²) in [5, 5.41) is 0. The van der Waals surface area contributed by atoms with Crippen molar-refractivity contribution in [3.05, 3.63) is 30.5 Å². The van der Waals surface area contributed by atoms with E-state index in [1.165, 1.54) is 0 Å². The minimum atomic E-state index is -0.202. The Labute approximate surface area is 159 Å². The fourth-order valence-electron chi connectivity index (χ4n) is 3.91. The van der Waals surface area contributed by atoms with Crippen LogP contribution in [0.25, 0.3) is 11.0 Å². The SMILES string of the molecule is CC(C)N1CC(C(=O)N2CCN(c3cnc4ccccc4n3)CC2)CC1=O. The zero-order valence-electron chi connectivity index (χ0n) is 15.8. The third kappa shape index (κ3) is 3.46. The van der Waals surface area contributed by atoms with Crippen LogP contribution in [0.4, 0.5) is 5.82 Å². The fourth-order valence-corrected chi connectivity index (χ4v) is 3.91. The van der Waals surface area contributed by atoms with Crippen LogP contribution in [0.5, 0.6) is 0 Å². The summed E-state index contributed by atoms with van der Waals surface area (Å²) in [5.41, 5.74) is 1.77. The number of carbonyl (C=O) groups excluding carboxylic acids is 2. The Morgan fingerprint density at radius 1 is 1.11 bits per heavy atom. The topological polar surface area (TPSA) is 69.6 Å². The molecule has 2 amide bonds. The van der Waals surface area contributed by atoms with Gasteiger partial charge in [-0.15, -0.1) is 0 Å². The first-order valence-corrected chi connectivity index (χ1v) is 9.58. The number of carbonyl (C=O) groups is 2. The monoisotopic (exact) mass is 367 g/mol. The average Bonchev–Trinajstić information content (AvgIpc) is 3.09. The van der Waals surface area contributed by atoms with Crippen molar-refractivity contribution < 1.29 is 9.59 Å². The van der Waals surface area contributed by atoms with E-state index in [9.17, 15) is 9.59 Å². The fraction of sp³-hybridized carbons (Fsp3) is 0.500. The van der Waals surface area contributed by atoms with Gasteiger partial charge in [0, 0.05) is 45.2 Å². The van der Waals surface area contributed by atoms with Crippen molar-refractivity contribution in [1.29, 1.82) is 0 Å². The van der Waals surface area contributed by atoms with Crippen LogP contribution in [0, 0.1) is 5.92 Å². The molecule has 27 heavy (non-hydrogen) atoms. The molecule has 2 aliphatic heterocycles. The second-order valence-electron chi connectivity index (χ2n) is 7.57. The van der Waals surface area contributed by atoms with Crippen molar-refractivity contribution in [2.24, 2.45) is 5.92 Å². The van der Waals surface area contributed by atoms with Crippen LogP contribution < -0.4 is 4.90 Å². The minimum absolute atomic E-state index is 0.0911. The third-order valence-corrected chi connectivity index (χ3v) is 5.48. The first kappa shape index (κ1) is 17.7. The summed E-state index contributed by atoms with van der Waals surface area (Å²) in [6, 6.07) is 7.98. The lowest BCUT2D eigenvalue weighted by atomic mass is 10.1. The maximum absolute atomic E-state index is 12.8. The van der Waals surface area contributed by atoms with Crippen molar-refractivity contribution in [1.82, 2.24) is 19.8 Å². The van der Waals surface area contributed by atoms with Crippen LogP contribution >= 0.6 is 0 Å².